The van der Waals surface area contributed by atoms with Crippen molar-refractivity contribution < 1.29 is 0 Å². The van der Waals surface area contributed by atoms with E-state index in [4.69, 9.17) is 0 Å². The molecule has 3 rings (SSSR count). The lowest BCUT2D eigenvalue weighted by Crippen LogP contribution is -2.13. The van der Waals surface area contributed by atoms with Crippen molar-refractivity contribution in [1.82, 2.24) is 15.3 Å². The third-order valence-corrected chi connectivity index (χ3v) is 4.47. The average molecular weight is 283 g/mol. The Morgan fingerprint density at radius 1 is 1.10 bits per heavy atom. The van der Waals surface area contributed by atoms with Crippen LogP contribution in [0.3, 0.4) is 0 Å². The van der Waals surface area contributed by atoms with E-state index in [1.807, 2.05) is 41.8 Å². The van der Waals surface area contributed by atoms with Crippen LogP contribution in [0.15, 0.2) is 36.5 Å². The quantitative estimate of drug-likeness (QED) is 0.795. The third kappa shape index (κ3) is 2.86. The molecule has 0 fully saturated rings. The molecule has 3 nitrogen and oxygen atoms in total. The lowest BCUT2D eigenvalue weighted by atomic mass is 10.3. The molecule has 0 amide bonds. The van der Waals surface area contributed by atoms with Gasteiger partial charge in [0.25, 0.3) is 0 Å². The number of rotatable bonds is 4. The van der Waals surface area contributed by atoms with Crippen molar-refractivity contribution in [1.29, 1.82) is 0 Å². The summed E-state index contributed by atoms with van der Waals surface area (Å²) in [5.74, 6) is 0. The first-order valence-corrected chi connectivity index (χ1v) is 7.51. The van der Waals surface area contributed by atoms with E-state index in [0.717, 1.165) is 29.8 Å². The minimum absolute atomic E-state index is 0.744. The van der Waals surface area contributed by atoms with Gasteiger partial charge < -0.3 is 5.32 Å². The fraction of sp³-hybridized carbons (Fsp3) is 0.250. The predicted molar refractivity (Wildman–Crippen MR) is 83.9 cm³/mol. The lowest BCUT2D eigenvalue weighted by Gasteiger charge is -2.04. The fourth-order valence-electron chi connectivity index (χ4n) is 2.13. The van der Waals surface area contributed by atoms with Gasteiger partial charge in [0.1, 0.15) is 0 Å². The normalized spacial score (nSPS) is 11.1. The molecule has 0 saturated carbocycles. The number of thiophene rings is 1. The van der Waals surface area contributed by atoms with E-state index in [9.17, 15) is 0 Å². The molecule has 0 bridgehead atoms. The van der Waals surface area contributed by atoms with Gasteiger partial charge in [-0.3, -0.25) is 4.98 Å². The van der Waals surface area contributed by atoms with Crippen LogP contribution in [-0.4, -0.2) is 9.97 Å². The molecule has 0 saturated heterocycles. The molecule has 0 aliphatic heterocycles. The molecular weight excluding hydrogens is 266 g/mol. The largest absolute Gasteiger partial charge is 0.306 e. The monoisotopic (exact) mass is 283 g/mol. The van der Waals surface area contributed by atoms with Crippen LogP contribution in [0.5, 0.6) is 0 Å². The zero-order valence-electron chi connectivity index (χ0n) is 11.7. The minimum Gasteiger partial charge on any atom is -0.306 e. The van der Waals surface area contributed by atoms with Gasteiger partial charge in [-0.1, -0.05) is 12.1 Å². The SMILES string of the molecule is Cc1cc(CNCc2cnc3ccccc3n2)sc1C. The predicted octanol–water partition coefficient (Wildman–Crippen LogP) is 3.60. The van der Waals surface area contributed by atoms with E-state index in [2.05, 4.69) is 35.2 Å². The van der Waals surface area contributed by atoms with Crippen LogP contribution < -0.4 is 5.32 Å². The van der Waals surface area contributed by atoms with Crippen LogP contribution in [0.4, 0.5) is 0 Å². The first kappa shape index (κ1) is 13.2. The van der Waals surface area contributed by atoms with Gasteiger partial charge in [-0.25, -0.2) is 4.98 Å². The number of nitrogens with zero attached hydrogens (tertiary/aromatic N) is 2. The van der Waals surface area contributed by atoms with Crippen LogP contribution in [0.1, 0.15) is 21.0 Å². The first-order valence-electron chi connectivity index (χ1n) is 6.69. The summed E-state index contributed by atoms with van der Waals surface area (Å²) in [6, 6.07) is 10.2. The van der Waals surface area contributed by atoms with Crippen LogP contribution in [-0.2, 0) is 13.1 Å². The van der Waals surface area contributed by atoms with Crippen LogP contribution >= 0.6 is 11.3 Å². The summed E-state index contributed by atoms with van der Waals surface area (Å²) in [5, 5.41) is 3.43. The molecule has 0 atom stereocenters. The molecule has 102 valence electrons. The van der Waals surface area contributed by atoms with E-state index in [-0.39, 0.29) is 0 Å². The number of aryl methyl sites for hydroxylation is 2. The molecule has 20 heavy (non-hydrogen) atoms. The zero-order valence-corrected chi connectivity index (χ0v) is 12.5. The minimum atomic E-state index is 0.744. The summed E-state index contributed by atoms with van der Waals surface area (Å²) in [5.41, 5.74) is 4.25. The van der Waals surface area contributed by atoms with Crippen molar-refractivity contribution >= 4 is 22.4 Å². The molecule has 4 heteroatoms. The van der Waals surface area contributed by atoms with Crippen LogP contribution in [0, 0.1) is 13.8 Å². The molecule has 0 unspecified atom stereocenters. The molecule has 0 radical (unpaired) electrons. The summed E-state index contributed by atoms with van der Waals surface area (Å²) in [7, 11) is 0. The van der Waals surface area contributed by atoms with Gasteiger partial charge in [0.2, 0.25) is 0 Å². The Labute approximate surface area is 122 Å². The maximum absolute atomic E-state index is 4.61. The maximum Gasteiger partial charge on any atom is 0.0890 e. The average Bonchev–Trinajstić information content (AvgIpc) is 2.77. The molecule has 2 heterocycles. The molecular formula is C16H17N3S. The van der Waals surface area contributed by atoms with Crippen molar-refractivity contribution in [3.8, 4) is 0 Å². The number of para-hydroxylation sites is 2. The highest BCUT2D eigenvalue weighted by Gasteiger charge is 2.02. The van der Waals surface area contributed by atoms with Crippen molar-refractivity contribution in [3.63, 3.8) is 0 Å². The van der Waals surface area contributed by atoms with Gasteiger partial charge in [-0.15, -0.1) is 11.3 Å². The Bertz CT molecular complexity index is 714. The second kappa shape index (κ2) is 5.69. The van der Waals surface area contributed by atoms with Crippen molar-refractivity contribution in [3.05, 3.63) is 57.5 Å². The molecule has 0 aliphatic carbocycles. The van der Waals surface area contributed by atoms with E-state index in [1.54, 1.807) is 0 Å². The number of nitrogens with one attached hydrogen (secondary N) is 1. The summed E-state index contributed by atoms with van der Waals surface area (Å²) in [6.45, 7) is 5.95. The standard InChI is InChI=1S/C16H17N3S/c1-11-7-14(20-12(11)2)10-17-8-13-9-18-15-5-3-4-6-16(15)19-13/h3-7,9,17H,8,10H2,1-2H3. The summed E-state index contributed by atoms with van der Waals surface area (Å²) in [4.78, 5) is 11.8. The zero-order chi connectivity index (χ0) is 13.9. The summed E-state index contributed by atoms with van der Waals surface area (Å²) in [6.07, 6.45) is 1.85. The Balaban J connectivity index is 1.64. The van der Waals surface area contributed by atoms with Crippen molar-refractivity contribution in [2.75, 3.05) is 0 Å². The number of benzene rings is 1. The van der Waals surface area contributed by atoms with E-state index >= 15 is 0 Å². The summed E-state index contributed by atoms with van der Waals surface area (Å²) < 4.78 is 0. The molecule has 0 spiro atoms. The van der Waals surface area contributed by atoms with Crippen LogP contribution in [0.25, 0.3) is 11.0 Å². The Kier molecular flexibility index (Phi) is 3.76. The Morgan fingerprint density at radius 3 is 2.65 bits per heavy atom. The van der Waals surface area contributed by atoms with Crippen molar-refractivity contribution in [2.24, 2.45) is 0 Å². The first-order chi connectivity index (χ1) is 9.72. The smallest absolute Gasteiger partial charge is 0.0890 e. The highest BCUT2D eigenvalue weighted by atomic mass is 32.1. The molecule has 0 aliphatic rings. The van der Waals surface area contributed by atoms with Gasteiger partial charge in [-0.2, -0.15) is 0 Å². The lowest BCUT2D eigenvalue weighted by molar-refractivity contribution is 0.686. The second-order valence-electron chi connectivity index (χ2n) is 4.91. The highest BCUT2D eigenvalue weighted by Crippen LogP contribution is 2.20. The Morgan fingerprint density at radius 2 is 1.90 bits per heavy atom. The second-order valence-corrected chi connectivity index (χ2v) is 6.25. The van der Waals surface area contributed by atoms with Crippen LogP contribution in [0.2, 0.25) is 0 Å². The number of hydrogen-bond donors (Lipinski definition) is 1. The number of hydrogen-bond acceptors (Lipinski definition) is 4. The molecule has 3 aromatic rings. The number of aromatic nitrogens is 2. The van der Waals surface area contributed by atoms with Gasteiger partial charge in [0.15, 0.2) is 0 Å². The molecule has 1 aromatic carbocycles. The highest BCUT2D eigenvalue weighted by molar-refractivity contribution is 7.12. The van der Waals surface area contributed by atoms with Gasteiger partial charge in [0.05, 0.1) is 22.9 Å². The van der Waals surface area contributed by atoms with E-state index < -0.39 is 0 Å². The van der Waals surface area contributed by atoms with E-state index in [1.165, 1.54) is 15.3 Å². The fourth-order valence-corrected chi connectivity index (χ4v) is 3.15. The van der Waals surface area contributed by atoms with Gasteiger partial charge in [0, 0.05) is 22.8 Å². The number of fused-ring (bicyclic) bond motifs is 1. The Hall–Kier alpha value is -1.78. The van der Waals surface area contributed by atoms with Gasteiger partial charge in [-0.05, 0) is 37.6 Å². The maximum atomic E-state index is 4.61. The van der Waals surface area contributed by atoms with Gasteiger partial charge >= 0.3 is 0 Å². The third-order valence-electron chi connectivity index (χ3n) is 3.32. The molecule has 1 N–H and O–H groups in total. The van der Waals surface area contributed by atoms with Crippen molar-refractivity contribution in [2.45, 2.75) is 26.9 Å². The van der Waals surface area contributed by atoms with E-state index in [0.29, 0.717) is 0 Å². The molecule has 2 aromatic heterocycles. The topological polar surface area (TPSA) is 37.8 Å². The summed E-state index contributed by atoms with van der Waals surface area (Å²) >= 11 is 1.85.